The van der Waals surface area contributed by atoms with Gasteiger partial charge >= 0.3 is 0 Å². The molecule has 0 radical (unpaired) electrons. The van der Waals surface area contributed by atoms with Crippen LogP contribution in [0, 0.1) is 0 Å². The first-order chi connectivity index (χ1) is 2.91. The number of nitrogens with one attached hydrogen (secondary N) is 1. The molecule has 5 heteroatoms. The molecule has 4 nitrogen and oxygen atoms in total. The predicted octanol–water partition coefficient (Wildman–Crippen LogP) is -0.287. The molecule has 0 heterocycles. The Hall–Kier alpha value is -0.230. The van der Waals surface area contributed by atoms with Crippen LogP contribution in [-0.2, 0) is 10.1 Å². The molecule has 0 bridgehead atoms. The molecule has 0 unspecified atom stereocenters. The highest BCUT2D eigenvalue weighted by Gasteiger charge is 1.67. The second-order valence-electron chi connectivity index (χ2n) is 0.230. The SMILES string of the molecule is [3H]ONOOF. The summed E-state index contributed by atoms with van der Waals surface area (Å²) in [6.45, 7) is 0. The number of rotatable bonds is 3. The van der Waals surface area contributed by atoms with Gasteiger partial charge in [-0.1, -0.05) is 4.99 Å². The molecule has 32 valence electrons. The van der Waals surface area contributed by atoms with E-state index < -0.39 is 0 Å². The van der Waals surface area contributed by atoms with Gasteiger partial charge in [0.2, 0.25) is 1.43 Å². The molecule has 0 saturated carbocycles. The predicted molar refractivity (Wildman–Crippen MR) is 8.20 cm³/mol. The van der Waals surface area contributed by atoms with Gasteiger partial charge in [0.15, 0.2) is 0 Å². The normalized spacial score (nSPS) is 11.0. The van der Waals surface area contributed by atoms with E-state index >= 15 is 0 Å². The topological polar surface area (TPSA) is 50.7 Å². The number of halogens is 1. The molecule has 0 aliphatic heterocycles. The monoisotopic (exact) mass is 85.0 g/mol. The Bertz CT molecular complexity index is 22.8. The second-order valence-corrected chi connectivity index (χ2v) is 0.230. The molecule has 0 rings (SSSR count). The molecule has 2 N–H and O–H groups in total. The van der Waals surface area contributed by atoms with Gasteiger partial charge in [-0.05, 0) is 15.3 Å². The third kappa shape index (κ3) is 3.77. The first-order valence-corrected chi connectivity index (χ1v) is 0.729. The van der Waals surface area contributed by atoms with E-state index in [1.54, 1.807) is 0 Å². The summed E-state index contributed by atoms with van der Waals surface area (Å²) in [7, 11) is 0. The van der Waals surface area contributed by atoms with Gasteiger partial charge in [-0.25, -0.2) is 0 Å². The van der Waals surface area contributed by atoms with Crippen molar-refractivity contribution < 1.29 is 21.2 Å². The highest BCUT2D eigenvalue weighted by molar-refractivity contribution is 3.23. The van der Waals surface area contributed by atoms with Crippen LogP contribution in [0.5, 0.6) is 0 Å². The Balaban J connectivity index is 2.34. The van der Waals surface area contributed by atoms with Crippen LogP contribution < -0.4 is 5.64 Å². The van der Waals surface area contributed by atoms with E-state index in [0.29, 0.717) is 0 Å². The lowest BCUT2D eigenvalue weighted by molar-refractivity contribution is -0.491. The molecule has 0 atom stereocenters. The summed E-state index contributed by atoms with van der Waals surface area (Å²) in [5, 5.41) is 5.62. The summed E-state index contributed by atoms with van der Waals surface area (Å²) in [6, 6.07) is 0. The highest BCUT2D eigenvalue weighted by Crippen LogP contribution is 1.63. The largest absolute Gasteiger partial charge is 0.290 e. The van der Waals surface area contributed by atoms with Crippen molar-refractivity contribution in [1.29, 1.82) is 0 Å². The van der Waals surface area contributed by atoms with Crippen molar-refractivity contribution in [3.05, 3.63) is 0 Å². The Morgan fingerprint density at radius 3 is 3.20 bits per heavy atom. The van der Waals surface area contributed by atoms with E-state index in [4.69, 9.17) is 1.43 Å². The highest BCUT2D eigenvalue weighted by atomic mass is 19.3. The Labute approximate surface area is 28.3 Å². The van der Waals surface area contributed by atoms with Crippen LogP contribution in [-0.4, -0.2) is 5.21 Å². The van der Waals surface area contributed by atoms with Crippen molar-refractivity contribution in [3.63, 3.8) is 0 Å². The average molecular weight is 85.0 g/mol. The zero-order valence-electron chi connectivity index (χ0n) is 3.10. The second kappa shape index (κ2) is 3.77. The fourth-order valence-electron chi connectivity index (χ4n) is 0.0129. The maximum atomic E-state index is 10.2. The fourth-order valence-corrected chi connectivity index (χ4v) is 0.0129. The van der Waals surface area contributed by atoms with E-state index in [1.807, 2.05) is 0 Å². The molecule has 0 spiro atoms. The molecule has 0 aliphatic carbocycles. The maximum Gasteiger partial charge on any atom is 0.240 e. The quantitative estimate of drug-likeness (QED) is 0.281. The van der Waals surface area contributed by atoms with E-state index in [2.05, 4.69) is 15.3 Å². The van der Waals surface area contributed by atoms with Crippen molar-refractivity contribution in [2.75, 3.05) is 0 Å². The van der Waals surface area contributed by atoms with Crippen LogP contribution >= 0.6 is 0 Å². The standard InChI is InChI=1S/FH2NO3/c1-4-5-2-3/h2-3H/i3T. The third-order valence-electron chi connectivity index (χ3n) is 0.0655. The van der Waals surface area contributed by atoms with E-state index in [0.717, 1.165) is 0 Å². The molecule has 5 heavy (non-hydrogen) atoms. The lowest BCUT2D eigenvalue weighted by Gasteiger charge is -1.80. The minimum absolute atomic E-state index is 1.27. The van der Waals surface area contributed by atoms with Crippen LogP contribution in [0.2, 0.25) is 1.43 Å². The molecule has 0 saturated heterocycles. The molecule has 0 fully saturated rings. The van der Waals surface area contributed by atoms with Crippen molar-refractivity contribution in [2.45, 2.75) is 0 Å². The van der Waals surface area contributed by atoms with Gasteiger partial charge in [0.25, 0.3) is 0 Å². The van der Waals surface area contributed by atoms with Gasteiger partial charge in [-0.15, -0.1) is 0 Å². The average Bonchev–Trinajstić information content (AvgIpc) is 1.61. The fraction of sp³-hybridized carbons (Fsp3) is 0. The summed E-state index contributed by atoms with van der Waals surface area (Å²) >= 11 is 0. The first-order valence-electron chi connectivity index (χ1n) is 1.14. The number of hydrogen-bond acceptors (Lipinski definition) is 4. The Kier molecular flexibility index (Phi) is 2.25. The molecular formula is H2FNO3. The van der Waals surface area contributed by atoms with Crippen LogP contribution in [0.1, 0.15) is 0 Å². The summed E-state index contributed by atoms with van der Waals surface area (Å²) < 4.78 is 16.0. The molecule has 0 amide bonds. The maximum absolute atomic E-state index is 10.2. The zero-order valence-corrected chi connectivity index (χ0v) is 2.10. The van der Waals surface area contributed by atoms with Gasteiger partial charge < -0.3 is 0 Å². The van der Waals surface area contributed by atoms with Crippen LogP contribution in [0.25, 0.3) is 0 Å². The lowest BCUT2D eigenvalue weighted by Crippen LogP contribution is -2.04. The first kappa shape index (κ1) is 2.98. The van der Waals surface area contributed by atoms with Gasteiger partial charge in [-0.2, -0.15) is 0 Å². The van der Waals surface area contributed by atoms with Crippen LogP contribution in [0.3, 0.4) is 0 Å². The van der Waals surface area contributed by atoms with Crippen molar-refractivity contribution in [1.82, 2.24) is 5.64 Å². The summed E-state index contributed by atoms with van der Waals surface area (Å²) in [5.41, 5.74) is 1.27. The molecule has 0 aromatic rings. The van der Waals surface area contributed by atoms with Gasteiger partial charge in [0.1, 0.15) is 0 Å². The van der Waals surface area contributed by atoms with Crippen molar-refractivity contribution >= 4 is 0 Å². The minimum Gasteiger partial charge on any atom is -0.290 e. The van der Waals surface area contributed by atoms with Crippen LogP contribution in [0.4, 0.5) is 4.53 Å². The van der Waals surface area contributed by atoms with Crippen LogP contribution in [0.15, 0.2) is 0 Å². The smallest absolute Gasteiger partial charge is 0.240 e. The lowest BCUT2D eigenvalue weighted by atomic mass is 13.2. The molecular weight excluding hydrogens is 81.0 g/mol. The number of hydrogen-bond donors (Lipinski definition) is 2. The Morgan fingerprint density at radius 2 is 3.00 bits per heavy atom. The Morgan fingerprint density at radius 1 is 2.20 bits per heavy atom. The molecule has 0 aromatic carbocycles. The summed E-state index contributed by atoms with van der Waals surface area (Å²) in [6.07, 6.45) is 0. The van der Waals surface area contributed by atoms with Gasteiger partial charge in [-0.3, -0.25) is 5.21 Å². The third-order valence-corrected chi connectivity index (χ3v) is 0.0655. The minimum atomic E-state index is 1.27. The molecule has 0 aromatic heterocycles. The van der Waals surface area contributed by atoms with Gasteiger partial charge in [0, 0.05) is 0 Å². The van der Waals surface area contributed by atoms with Gasteiger partial charge in [0.05, 0.1) is 0 Å². The zero-order chi connectivity index (χ0) is 4.83. The molecule has 0 aliphatic rings. The summed E-state index contributed by atoms with van der Waals surface area (Å²) in [5.74, 6) is 0. The van der Waals surface area contributed by atoms with E-state index in [1.165, 1.54) is 5.64 Å². The van der Waals surface area contributed by atoms with E-state index in [-0.39, 0.29) is 0 Å². The van der Waals surface area contributed by atoms with Crippen molar-refractivity contribution in [2.24, 2.45) is 0 Å². The summed E-state index contributed by atoms with van der Waals surface area (Å²) in [4.78, 5) is 3.16. The van der Waals surface area contributed by atoms with E-state index in [9.17, 15) is 4.53 Å². The van der Waals surface area contributed by atoms with Crippen molar-refractivity contribution in [3.8, 4) is 0 Å².